The van der Waals surface area contributed by atoms with Gasteiger partial charge in [0.15, 0.2) is 0 Å². The minimum Gasteiger partial charge on any atom is -0.497 e. The normalized spacial score (nSPS) is 10.9. The molecule has 0 atom stereocenters. The number of carbonyl (C=O) groups excluding carboxylic acids is 1. The molecule has 0 bridgehead atoms. The molecule has 0 aromatic heterocycles. The van der Waals surface area contributed by atoms with Crippen molar-refractivity contribution in [1.82, 2.24) is 0 Å². The molecule has 0 aliphatic rings. The van der Waals surface area contributed by atoms with Crippen LogP contribution in [0.4, 0.5) is 11.4 Å². The van der Waals surface area contributed by atoms with Gasteiger partial charge in [-0.25, -0.2) is 8.42 Å². The fourth-order valence-corrected chi connectivity index (χ4v) is 4.01. The number of anilines is 2. The van der Waals surface area contributed by atoms with Crippen molar-refractivity contribution < 1.29 is 22.7 Å². The Balaban J connectivity index is 1.81. The second-order valence-corrected chi connectivity index (χ2v) is 8.22. The third kappa shape index (κ3) is 4.84. The molecule has 3 aromatic rings. The van der Waals surface area contributed by atoms with Crippen LogP contribution in [-0.4, -0.2) is 28.5 Å². The topological polar surface area (TPSA) is 93.7 Å². The van der Waals surface area contributed by atoms with Crippen molar-refractivity contribution in [2.75, 3.05) is 24.3 Å². The Bertz CT molecular complexity index is 1170. The van der Waals surface area contributed by atoms with Gasteiger partial charge in [0.2, 0.25) is 0 Å². The molecular weight excluding hydrogens is 428 g/mol. The third-order valence-electron chi connectivity index (χ3n) is 4.17. The summed E-state index contributed by atoms with van der Waals surface area (Å²) in [6, 6.07) is 17.2. The summed E-state index contributed by atoms with van der Waals surface area (Å²) >= 11 is 6.25. The van der Waals surface area contributed by atoms with Crippen molar-refractivity contribution in [2.45, 2.75) is 4.90 Å². The van der Waals surface area contributed by atoms with Crippen LogP contribution >= 0.6 is 11.6 Å². The maximum absolute atomic E-state index is 12.7. The van der Waals surface area contributed by atoms with Crippen LogP contribution in [0.2, 0.25) is 5.02 Å². The summed E-state index contributed by atoms with van der Waals surface area (Å²) in [6.45, 7) is 0. The van der Waals surface area contributed by atoms with Gasteiger partial charge in [-0.3, -0.25) is 9.52 Å². The molecule has 3 rings (SSSR count). The van der Waals surface area contributed by atoms with Crippen LogP contribution in [0, 0.1) is 0 Å². The van der Waals surface area contributed by atoms with Gasteiger partial charge in [0, 0.05) is 6.07 Å². The molecule has 0 radical (unpaired) electrons. The summed E-state index contributed by atoms with van der Waals surface area (Å²) in [5.74, 6) is 0.513. The van der Waals surface area contributed by atoms with E-state index < -0.39 is 15.9 Å². The van der Waals surface area contributed by atoms with Crippen LogP contribution in [0.25, 0.3) is 0 Å². The largest absolute Gasteiger partial charge is 0.497 e. The smallest absolute Gasteiger partial charge is 0.261 e. The molecule has 0 heterocycles. The summed E-state index contributed by atoms with van der Waals surface area (Å²) in [6.07, 6.45) is 0. The maximum Gasteiger partial charge on any atom is 0.261 e. The number of methoxy groups -OCH3 is 2. The van der Waals surface area contributed by atoms with E-state index in [2.05, 4.69) is 10.0 Å². The first-order chi connectivity index (χ1) is 14.3. The predicted octanol–water partition coefficient (Wildman–Crippen LogP) is 4.41. The Kier molecular flexibility index (Phi) is 6.49. The van der Waals surface area contributed by atoms with E-state index in [9.17, 15) is 13.2 Å². The highest BCUT2D eigenvalue weighted by Gasteiger charge is 2.17. The van der Waals surface area contributed by atoms with E-state index in [1.165, 1.54) is 44.6 Å². The number of sulfonamides is 1. The highest BCUT2D eigenvalue weighted by Crippen LogP contribution is 2.30. The van der Waals surface area contributed by atoms with Crippen LogP contribution in [0.5, 0.6) is 11.5 Å². The average molecular weight is 447 g/mol. The monoisotopic (exact) mass is 446 g/mol. The van der Waals surface area contributed by atoms with Gasteiger partial charge in [-0.2, -0.15) is 0 Å². The fourth-order valence-electron chi connectivity index (χ4n) is 2.68. The molecule has 0 aliphatic heterocycles. The third-order valence-corrected chi connectivity index (χ3v) is 5.88. The van der Waals surface area contributed by atoms with Gasteiger partial charge < -0.3 is 14.8 Å². The van der Waals surface area contributed by atoms with E-state index in [0.717, 1.165) is 0 Å². The standard InChI is InChI=1S/C21H19ClN2O5S/c1-28-15-9-11-20(29-2)19(13-15)23-21(25)17-10-8-14(12-18(17)22)24-30(26,27)16-6-4-3-5-7-16/h3-13,24H,1-2H3,(H,23,25). The first-order valence-corrected chi connectivity index (χ1v) is 10.6. The second kappa shape index (κ2) is 9.06. The second-order valence-electron chi connectivity index (χ2n) is 6.13. The van der Waals surface area contributed by atoms with Crippen LogP contribution in [0.15, 0.2) is 71.6 Å². The Morgan fingerprint density at radius 3 is 2.30 bits per heavy atom. The van der Waals surface area contributed by atoms with Crippen molar-refractivity contribution in [3.63, 3.8) is 0 Å². The Labute approximate surface area is 179 Å². The van der Waals surface area contributed by atoms with Gasteiger partial charge in [0.25, 0.3) is 15.9 Å². The number of hydrogen-bond donors (Lipinski definition) is 2. The zero-order chi connectivity index (χ0) is 21.7. The molecule has 0 aliphatic carbocycles. The molecule has 3 aromatic carbocycles. The van der Waals surface area contributed by atoms with Crippen molar-refractivity contribution in [3.05, 3.63) is 77.3 Å². The molecule has 0 spiro atoms. The summed E-state index contributed by atoms with van der Waals surface area (Å²) in [5, 5.41) is 2.81. The molecule has 1 amide bonds. The molecule has 9 heteroatoms. The molecule has 0 saturated heterocycles. The highest BCUT2D eigenvalue weighted by molar-refractivity contribution is 7.92. The zero-order valence-electron chi connectivity index (χ0n) is 16.2. The first-order valence-electron chi connectivity index (χ1n) is 8.75. The summed E-state index contributed by atoms with van der Waals surface area (Å²) < 4.78 is 37.7. The molecule has 0 saturated carbocycles. The highest BCUT2D eigenvalue weighted by atomic mass is 35.5. The quantitative estimate of drug-likeness (QED) is 0.560. The number of amides is 1. The fraction of sp³-hybridized carbons (Fsp3) is 0.0952. The van der Waals surface area contributed by atoms with E-state index in [1.807, 2.05) is 0 Å². The lowest BCUT2D eigenvalue weighted by Gasteiger charge is -2.13. The first kappa shape index (κ1) is 21.5. The Hall–Kier alpha value is -3.23. The van der Waals surface area contributed by atoms with Crippen molar-refractivity contribution in [1.29, 1.82) is 0 Å². The molecule has 30 heavy (non-hydrogen) atoms. The van der Waals surface area contributed by atoms with Gasteiger partial charge in [0.05, 0.1) is 41.1 Å². The van der Waals surface area contributed by atoms with Crippen LogP contribution in [0.3, 0.4) is 0 Å². The maximum atomic E-state index is 12.7. The van der Waals surface area contributed by atoms with Crippen molar-refractivity contribution in [3.8, 4) is 11.5 Å². The number of hydrogen-bond acceptors (Lipinski definition) is 5. The molecule has 0 fully saturated rings. The van der Waals surface area contributed by atoms with Crippen molar-refractivity contribution in [2.24, 2.45) is 0 Å². The number of carbonyl (C=O) groups is 1. The van der Waals surface area contributed by atoms with E-state index in [1.54, 1.807) is 36.4 Å². The molecule has 0 unspecified atom stereocenters. The lowest BCUT2D eigenvalue weighted by Crippen LogP contribution is -2.15. The number of nitrogens with one attached hydrogen (secondary N) is 2. The number of benzene rings is 3. The summed E-state index contributed by atoms with van der Waals surface area (Å²) in [7, 11) is -0.770. The van der Waals surface area contributed by atoms with E-state index in [-0.39, 0.29) is 21.2 Å². The summed E-state index contributed by atoms with van der Waals surface area (Å²) in [4.78, 5) is 12.8. The minimum absolute atomic E-state index is 0.0858. The number of halogens is 1. The van der Waals surface area contributed by atoms with E-state index in [4.69, 9.17) is 21.1 Å². The lowest BCUT2D eigenvalue weighted by molar-refractivity contribution is 0.102. The Morgan fingerprint density at radius 1 is 0.933 bits per heavy atom. The van der Waals surface area contributed by atoms with E-state index >= 15 is 0 Å². The number of ether oxygens (including phenoxy) is 2. The predicted molar refractivity (Wildman–Crippen MR) is 116 cm³/mol. The van der Waals surface area contributed by atoms with Crippen LogP contribution < -0.4 is 19.5 Å². The molecular formula is C21H19ClN2O5S. The lowest BCUT2D eigenvalue weighted by atomic mass is 10.2. The SMILES string of the molecule is COc1ccc(OC)c(NC(=O)c2ccc(NS(=O)(=O)c3ccccc3)cc2Cl)c1. The summed E-state index contributed by atoms with van der Waals surface area (Å²) in [5.41, 5.74) is 0.815. The zero-order valence-corrected chi connectivity index (χ0v) is 17.8. The van der Waals surface area contributed by atoms with Gasteiger partial charge in [-0.05, 0) is 42.5 Å². The molecule has 7 nitrogen and oxygen atoms in total. The Morgan fingerprint density at radius 2 is 1.67 bits per heavy atom. The molecule has 156 valence electrons. The minimum atomic E-state index is -3.77. The van der Waals surface area contributed by atoms with Gasteiger partial charge >= 0.3 is 0 Å². The van der Waals surface area contributed by atoms with Gasteiger partial charge in [-0.1, -0.05) is 29.8 Å². The van der Waals surface area contributed by atoms with E-state index in [0.29, 0.717) is 17.2 Å². The van der Waals surface area contributed by atoms with Crippen LogP contribution in [-0.2, 0) is 10.0 Å². The van der Waals surface area contributed by atoms with Gasteiger partial charge in [0.1, 0.15) is 11.5 Å². The number of rotatable bonds is 7. The molecule has 2 N–H and O–H groups in total. The van der Waals surface area contributed by atoms with Crippen molar-refractivity contribution >= 4 is 38.9 Å². The van der Waals surface area contributed by atoms with Gasteiger partial charge in [-0.15, -0.1) is 0 Å². The average Bonchev–Trinajstić information content (AvgIpc) is 2.74. The van der Waals surface area contributed by atoms with Crippen LogP contribution in [0.1, 0.15) is 10.4 Å².